The minimum absolute atomic E-state index is 0.0518. The standard InChI is InChI=1S/C11H14BrNO2/c1-13-11(15)6-5-10(14)8-3-2-4-9(12)7-8/h2-4,7,10,14H,5-6H2,1H3,(H,13,15). The van der Waals surface area contributed by atoms with Crippen LogP contribution < -0.4 is 5.32 Å². The fraction of sp³-hybridized carbons (Fsp3) is 0.364. The molecule has 0 saturated carbocycles. The first-order valence-corrected chi connectivity index (χ1v) is 5.57. The average molecular weight is 272 g/mol. The Bertz CT molecular complexity index is 341. The van der Waals surface area contributed by atoms with E-state index in [-0.39, 0.29) is 5.91 Å². The van der Waals surface area contributed by atoms with Crippen molar-refractivity contribution in [3.05, 3.63) is 34.3 Å². The number of aliphatic hydroxyl groups excluding tert-OH is 1. The van der Waals surface area contributed by atoms with Gasteiger partial charge in [0.15, 0.2) is 0 Å². The van der Waals surface area contributed by atoms with Crippen molar-refractivity contribution in [3.8, 4) is 0 Å². The molecule has 0 saturated heterocycles. The summed E-state index contributed by atoms with van der Waals surface area (Å²) in [5.74, 6) is -0.0518. The lowest BCUT2D eigenvalue weighted by Gasteiger charge is -2.10. The van der Waals surface area contributed by atoms with E-state index in [4.69, 9.17) is 0 Å². The summed E-state index contributed by atoms with van der Waals surface area (Å²) in [4.78, 5) is 11.0. The number of carbonyl (C=O) groups excluding carboxylic acids is 1. The summed E-state index contributed by atoms with van der Waals surface area (Å²) in [5.41, 5.74) is 0.827. The highest BCUT2D eigenvalue weighted by Crippen LogP contribution is 2.21. The third-order valence-corrected chi connectivity index (χ3v) is 2.65. The van der Waals surface area contributed by atoms with Crippen molar-refractivity contribution in [3.63, 3.8) is 0 Å². The second-order valence-corrected chi connectivity index (χ2v) is 4.20. The van der Waals surface area contributed by atoms with E-state index in [0.717, 1.165) is 10.0 Å². The zero-order valence-corrected chi connectivity index (χ0v) is 10.1. The maximum atomic E-state index is 11.0. The van der Waals surface area contributed by atoms with Crippen molar-refractivity contribution in [2.75, 3.05) is 7.05 Å². The first-order chi connectivity index (χ1) is 7.13. The van der Waals surface area contributed by atoms with Crippen LogP contribution >= 0.6 is 15.9 Å². The molecule has 15 heavy (non-hydrogen) atoms. The Balaban J connectivity index is 2.53. The summed E-state index contributed by atoms with van der Waals surface area (Å²) in [6.45, 7) is 0. The van der Waals surface area contributed by atoms with Gasteiger partial charge in [-0.05, 0) is 24.1 Å². The molecule has 0 fully saturated rings. The summed E-state index contributed by atoms with van der Waals surface area (Å²) >= 11 is 3.33. The molecule has 0 bridgehead atoms. The zero-order chi connectivity index (χ0) is 11.3. The second-order valence-electron chi connectivity index (χ2n) is 3.28. The van der Waals surface area contributed by atoms with Crippen molar-refractivity contribution in [2.45, 2.75) is 18.9 Å². The van der Waals surface area contributed by atoms with Crippen molar-refractivity contribution >= 4 is 21.8 Å². The highest BCUT2D eigenvalue weighted by Gasteiger charge is 2.09. The molecule has 4 heteroatoms. The third kappa shape index (κ3) is 4.01. The number of hydrogen-bond acceptors (Lipinski definition) is 2. The number of aliphatic hydroxyl groups is 1. The van der Waals surface area contributed by atoms with Gasteiger partial charge in [0.05, 0.1) is 6.10 Å². The predicted octanol–water partition coefficient (Wildman–Crippen LogP) is 2.01. The summed E-state index contributed by atoms with van der Waals surface area (Å²) in [5, 5.41) is 12.3. The van der Waals surface area contributed by atoms with Crippen LogP contribution in [0.15, 0.2) is 28.7 Å². The summed E-state index contributed by atoms with van der Waals surface area (Å²) in [6, 6.07) is 7.46. The largest absolute Gasteiger partial charge is 0.388 e. The fourth-order valence-electron chi connectivity index (χ4n) is 1.27. The Morgan fingerprint density at radius 1 is 1.60 bits per heavy atom. The molecule has 0 aromatic heterocycles. The molecule has 1 rings (SSSR count). The van der Waals surface area contributed by atoms with Gasteiger partial charge in [0.1, 0.15) is 0 Å². The highest BCUT2D eigenvalue weighted by molar-refractivity contribution is 9.10. The summed E-state index contributed by atoms with van der Waals surface area (Å²) in [6.07, 6.45) is 0.195. The van der Waals surface area contributed by atoms with Crippen molar-refractivity contribution in [1.82, 2.24) is 5.32 Å². The van der Waals surface area contributed by atoms with Crippen LogP contribution in [0.2, 0.25) is 0 Å². The monoisotopic (exact) mass is 271 g/mol. The van der Waals surface area contributed by atoms with Crippen molar-refractivity contribution in [2.24, 2.45) is 0 Å². The van der Waals surface area contributed by atoms with E-state index in [9.17, 15) is 9.90 Å². The molecule has 1 aromatic rings. The number of halogens is 1. The first-order valence-electron chi connectivity index (χ1n) is 4.77. The van der Waals surface area contributed by atoms with Gasteiger partial charge in [0.25, 0.3) is 0 Å². The maximum Gasteiger partial charge on any atom is 0.219 e. The molecule has 1 atom stereocenters. The van der Waals surface area contributed by atoms with Crippen LogP contribution in [0.4, 0.5) is 0 Å². The predicted molar refractivity (Wildman–Crippen MR) is 62.4 cm³/mol. The first kappa shape index (κ1) is 12.2. The summed E-state index contributed by atoms with van der Waals surface area (Å²) < 4.78 is 0.930. The molecule has 0 radical (unpaired) electrons. The van der Waals surface area contributed by atoms with Gasteiger partial charge >= 0.3 is 0 Å². The van der Waals surface area contributed by atoms with Gasteiger partial charge in [-0.1, -0.05) is 28.1 Å². The van der Waals surface area contributed by atoms with E-state index in [1.54, 1.807) is 7.05 Å². The van der Waals surface area contributed by atoms with Crippen LogP contribution in [0.5, 0.6) is 0 Å². The Morgan fingerprint density at radius 2 is 2.33 bits per heavy atom. The fourth-order valence-corrected chi connectivity index (χ4v) is 1.69. The maximum absolute atomic E-state index is 11.0. The summed E-state index contributed by atoms with van der Waals surface area (Å²) in [7, 11) is 1.59. The molecular formula is C11H14BrNO2. The molecular weight excluding hydrogens is 258 g/mol. The number of benzene rings is 1. The van der Waals surface area contributed by atoms with Crippen LogP contribution in [-0.4, -0.2) is 18.1 Å². The average Bonchev–Trinajstić information content (AvgIpc) is 2.25. The molecule has 0 aliphatic heterocycles. The molecule has 0 spiro atoms. The third-order valence-electron chi connectivity index (χ3n) is 2.16. The van der Waals surface area contributed by atoms with E-state index >= 15 is 0 Å². The molecule has 3 nitrogen and oxygen atoms in total. The van der Waals surface area contributed by atoms with E-state index in [0.29, 0.717) is 12.8 Å². The number of hydrogen-bond donors (Lipinski definition) is 2. The SMILES string of the molecule is CNC(=O)CCC(O)c1cccc(Br)c1. The number of rotatable bonds is 4. The molecule has 1 aromatic carbocycles. The second kappa shape index (κ2) is 5.88. The number of nitrogens with one attached hydrogen (secondary N) is 1. The molecule has 2 N–H and O–H groups in total. The van der Waals surface area contributed by atoms with E-state index in [1.165, 1.54) is 0 Å². The number of carbonyl (C=O) groups is 1. The van der Waals surface area contributed by atoms with Crippen molar-refractivity contribution in [1.29, 1.82) is 0 Å². The minimum Gasteiger partial charge on any atom is -0.388 e. The van der Waals surface area contributed by atoms with Crippen LogP contribution in [0.25, 0.3) is 0 Å². The van der Waals surface area contributed by atoms with Gasteiger partial charge in [-0.15, -0.1) is 0 Å². The van der Waals surface area contributed by atoms with Crippen LogP contribution in [0.3, 0.4) is 0 Å². The van der Waals surface area contributed by atoms with Crippen molar-refractivity contribution < 1.29 is 9.90 Å². The zero-order valence-electron chi connectivity index (χ0n) is 8.53. The van der Waals surface area contributed by atoms with Gasteiger partial charge in [-0.2, -0.15) is 0 Å². The molecule has 0 heterocycles. The quantitative estimate of drug-likeness (QED) is 0.880. The smallest absolute Gasteiger partial charge is 0.219 e. The Hall–Kier alpha value is -0.870. The van der Waals surface area contributed by atoms with E-state index in [2.05, 4.69) is 21.2 Å². The Kier molecular flexibility index (Phi) is 4.78. The highest BCUT2D eigenvalue weighted by atomic mass is 79.9. The lowest BCUT2D eigenvalue weighted by Crippen LogP contribution is -2.18. The molecule has 0 aliphatic carbocycles. The Labute approximate surface area is 97.6 Å². The molecule has 1 amide bonds. The van der Waals surface area contributed by atoms with E-state index in [1.807, 2.05) is 24.3 Å². The lowest BCUT2D eigenvalue weighted by atomic mass is 10.1. The number of amides is 1. The van der Waals surface area contributed by atoms with Crippen LogP contribution in [0.1, 0.15) is 24.5 Å². The van der Waals surface area contributed by atoms with E-state index < -0.39 is 6.10 Å². The molecule has 82 valence electrons. The van der Waals surface area contributed by atoms with Gasteiger partial charge in [-0.3, -0.25) is 4.79 Å². The van der Waals surface area contributed by atoms with Gasteiger partial charge in [0.2, 0.25) is 5.91 Å². The lowest BCUT2D eigenvalue weighted by molar-refractivity contribution is -0.121. The van der Waals surface area contributed by atoms with Gasteiger partial charge in [-0.25, -0.2) is 0 Å². The van der Waals surface area contributed by atoms with Crippen LogP contribution in [-0.2, 0) is 4.79 Å². The van der Waals surface area contributed by atoms with Gasteiger partial charge < -0.3 is 10.4 Å². The van der Waals surface area contributed by atoms with Crippen LogP contribution in [0, 0.1) is 0 Å². The van der Waals surface area contributed by atoms with Gasteiger partial charge in [0, 0.05) is 17.9 Å². The Morgan fingerprint density at radius 3 is 2.93 bits per heavy atom. The molecule has 0 aliphatic rings. The normalized spacial score (nSPS) is 12.2. The molecule has 1 unspecified atom stereocenters. The minimum atomic E-state index is -0.584. The topological polar surface area (TPSA) is 49.3 Å².